The molecule has 6 nitrogen and oxygen atoms in total. The highest BCUT2D eigenvalue weighted by Crippen LogP contribution is 2.29. The number of piperazine rings is 1. The van der Waals surface area contributed by atoms with E-state index >= 15 is 0 Å². The molecule has 1 unspecified atom stereocenters. The first-order chi connectivity index (χ1) is 12.2. The normalized spacial score (nSPS) is 22.7. The lowest BCUT2D eigenvalue weighted by molar-refractivity contribution is -0.135. The summed E-state index contributed by atoms with van der Waals surface area (Å²) in [6.45, 7) is 0.810. The second-order valence-electron chi connectivity index (χ2n) is 6.22. The smallest absolute Gasteiger partial charge is 0.249 e. The van der Waals surface area contributed by atoms with E-state index in [1.54, 1.807) is 0 Å². The lowest BCUT2D eigenvalue weighted by Crippen LogP contribution is -2.57. The number of piperidine rings is 1. The number of benzene rings is 1. The van der Waals surface area contributed by atoms with Crippen LogP contribution in [0.5, 0.6) is 0 Å². The number of hydrogen-bond donors (Lipinski definition) is 1. The number of carbonyl (C=O) groups is 1. The Morgan fingerprint density at radius 2 is 1.73 bits per heavy atom. The van der Waals surface area contributed by atoms with Gasteiger partial charge in [-0.3, -0.25) is 4.79 Å². The predicted octanol–water partition coefficient (Wildman–Crippen LogP) is 0.828. The quantitative estimate of drug-likeness (QED) is 0.608. The van der Waals surface area contributed by atoms with Gasteiger partial charge in [-0.2, -0.15) is 4.31 Å². The topological polar surface area (TPSA) is 69.7 Å². The summed E-state index contributed by atoms with van der Waals surface area (Å²) in [4.78, 5) is 11.9. The fraction of sp³-hybridized carbons (Fsp3) is 0.533. The van der Waals surface area contributed by atoms with E-state index in [2.05, 4.69) is 5.32 Å². The third-order valence-corrected chi connectivity index (χ3v) is 6.48. The predicted molar refractivity (Wildman–Crippen MR) is 82.6 cm³/mol. The summed E-state index contributed by atoms with van der Waals surface area (Å²) >= 11 is 0. The van der Waals surface area contributed by atoms with Gasteiger partial charge in [-0.25, -0.2) is 26.0 Å². The number of nitrogens with one attached hydrogen (secondary N) is 1. The minimum atomic E-state index is -4.81. The number of sulfonamides is 1. The Morgan fingerprint density at radius 1 is 1.08 bits per heavy atom. The fourth-order valence-corrected chi connectivity index (χ4v) is 4.95. The molecule has 1 aromatic rings. The van der Waals surface area contributed by atoms with E-state index in [4.69, 9.17) is 0 Å². The van der Waals surface area contributed by atoms with Crippen molar-refractivity contribution in [1.82, 2.24) is 14.5 Å². The summed E-state index contributed by atoms with van der Waals surface area (Å²) in [5.41, 5.74) is 0. The number of amides is 1. The number of hydrogen-bond acceptors (Lipinski definition) is 4. The third kappa shape index (κ3) is 3.30. The zero-order chi connectivity index (χ0) is 19.1. The molecule has 0 bridgehead atoms. The van der Waals surface area contributed by atoms with Crippen LogP contribution in [0.3, 0.4) is 0 Å². The standard InChI is InChI=1S/C15H17F4N3O3S/c16-10-6-11(17)14(19)15(13(10)18)26(24,25)21-4-1-2-9(8-21)22-5-3-20-7-12(22)23/h6,9,20H,1-5,7-8H2. The van der Waals surface area contributed by atoms with Gasteiger partial charge in [-0.15, -0.1) is 0 Å². The molecule has 26 heavy (non-hydrogen) atoms. The first-order valence-corrected chi connectivity index (χ1v) is 9.51. The minimum absolute atomic E-state index is 0.0396. The maximum atomic E-state index is 13.9. The molecule has 1 aromatic carbocycles. The Kier molecular flexibility index (Phi) is 5.22. The van der Waals surface area contributed by atoms with Gasteiger partial charge in [0.05, 0.1) is 6.54 Å². The van der Waals surface area contributed by atoms with Gasteiger partial charge in [0.2, 0.25) is 15.9 Å². The molecule has 2 fully saturated rings. The Bertz CT molecular complexity index is 808. The zero-order valence-corrected chi connectivity index (χ0v) is 14.5. The van der Waals surface area contributed by atoms with Crippen molar-refractivity contribution in [3.05, 3.63) is 29.3 Å². The Labute approximate surface area is 147 Å². The molecule has 0 saturated carbocycles. The van der Waals surface area contributed by atoms with Crippen LogP contribution in [0.4, 0.5) is 17.6 Å². The monoisotopic (exact) mass is 395 g/mol. The van der Waals surface area contributed by atoms with Crippen LogP contribution in [0.2, 0.25) is 0 Å². The molecular weight excluding hydrogens is 378 g/mol. The maximum Gasteiger partial charge on any atom is 0.249 e. The van der Waals surface area contributed by atoms with Crippen LogP contribution >= 0.6 is 0 Å². The van der Waals surface area contributed by atoms with Crippen LogP contribution in [-0.4, -0.2) is 62.3 Å². The second kappa shape index (κ2) is 7.12. The van der Waals surface area contributed by atoms with E-state index in [0.29, 0.717) is 25.9 Å². The highest BCUT2D eigenvalue weighted by Gasteiger charge is 2.39. The SMILES string of the molecule is O=C1CNCCN1C1CCCN(S(=O)(=O)c2c(F)c(F)cc(F)c2F)C1. The van der Waals surface area contributed by atoms with Crippen molar-refractivity contribution in [3.8, 4) is 0 Å². The summed E-state index contributed by atoms with van der Waals surface area (Å²) in [6, 6.07) is -0.500. The Hall–Kier alpha value is -1.72. The van der Waals surface area contributed by atoms with Crippen LogP contribution in [0.1, 0.15) is 12.8 Å². The van der Waals surface area contributed by atoms with Crippen molar-refractivity contribution in [2.75, 3.05) is 32.7 Å². The van der Waals surface area contributed by atoms with Crippen LogP contribution in [0, 0.1) is 23.3 Å². The molecule has 2 aliphatic heterocycles. The third-order valence-electron chi connectivity index (χ3n) is 4.60. The molecule has 144 valence electrons. The highest BCUT2D eigenvalue weighted by molar-refractivity contribution is 7.89. The number of halogens is 4. The van der Waals surface area contributed by atoms with Crippen LogP contribution < -0.4 is 5.32 Å². The van der Waals surface area contributed by atoms with Gasteiger partial charge in [0.15, 0.2) is 28.2 Å². The summed E-state index contributed by atoms with van der Waals surface area (Å²) in [6.07, 6.45) is 0.877. The van der Waals surface area contributed by atoms with Crippen LogP contribution in [0.15, 0.2) is 11.0 Å². The molecule has 2 heterocycles. The summed E-state index contributed by atoms with van der Waals surface area (Å²) in [7, 11) is -4.81. The van der Waals surface area contributed by atoms with E-state index in [1.807, 2.05) is 0 Å². The summed E-state index contributed by atoms with van der Waals surface area (Å²) in [5.74, 6) is -7.68. The van der Waals surface area contributed by atoms with Gasteiger partial charge >= 0.3 is 0 Å². The minimum Gasteiger partial charge on any atom is -0.336 e. The average Bonchev–Trinajstić information content (AvgIpc) is 2.60. The fourth-order valence-electron chi connectivity index (χ4n) is 3.31. The Balaban J connectivity index is 1.92. The zero-order valence-electron chi connectivity index (χ0n) is 13.6. The molecule has 2 saturated heterocycles. The van der Waals surface area contributed by atoms with E-state index in [1.165, 1.54) is 4.90 Å². The molecule has 0 radical (unpaired) electrons. The molecule has 1 N–H and O–H groups in total. The van der Waals surface area contributed by atoms with E-state index in [9.17, 15) is 30.8 Å². The average molecular weight is 395 g/mol. The van der Waals surface area contributed by atoms with Crippen molar-refractivity contribution >= 4 is 15.9 Å². The van der Waals surface area contributed by atoms with E-state index in [-0.39, 0.29) is 31.6 Å². The molecule has 0 aromatic heterocycles. The highest BCUT2D eigenvalue weighted by atomic mass is 32.2. The number of rotatable bonds is 3. The summed E-state index contributed by atoms with van der Waals surface area (Å²) in [5, 5.41) is 2.89. The lowest BCUT2D eigenvalue weighted by atomic mass is 10.1. The van der Waals surface area contributed by atoms with Crippen molar-refractivity contribution in [1.29, 1.82) is 0 Å². The van der Waals surface area contributed by atoms with Crippen molar-refractivity contribution in [2.45, 2.75) is 23.8 Å². The van der Waals surface area contributed by atoms with E-state index in [0.717, 1.165) is 4.31 Å². The van der Waals surface area contributed by atoms with Gasteiger partial charge in [-0.05, 0) is 12.8 Å². The van der Waals surface area contributed by atoms with Crippen molar-refractivity contribution < 1.29 is 30.8 Å². The number of nitrogens with zero attached hydrogens (tertiary/aromatic N) is 2. The first-order valence-electron chi connectivity index (χ1n) is 8.07. The molecule has 11 heteroatoms. The van der Waals surface area contributed by atoms with Gasteiger partial charge in [0.25, 0.3) is 0 Å². The second-order valence-corrected chi connectivity index (χ2v) is 8.10. The molecular formula is C15H17F4N3O3S. The molecule has 0 spiro atoms. The van der Waals surface area contributed by atoms with Crippen LogP contribution in [-0.2, 0) is 14.8 Å². The van der Waals surface area contributed by atoms with Gasteiger partial charge in [0.1, 0.15) is 0 Å². The molecule has 0 aliphatic carbocycles. The van der Waals surface area contributed by atoms with E-state index < -0.39 is 44.2 Å². The molecule has 1 amide bonds. The van der Waals surface area contributed by atoms with Crippen molar-refractivity contribution in [2.24, 2.45) is 0 Å². The lowest BCUT2D eigenvalue weighted by Gasteiger charge is -2.40. The van der Waals surface area contributed by atoms with Gasteiger partial charge in [0, 0.05) is 38.3 Å². The first kappa shape index (κ1) is 19.1. The van der Waals surface area contributed by atoms with Gasteiger partial charge in [-0.1, -0.05) is 0 Å². The Morgan fingerprint density at radius 3 is 2.35 bits per heavy atom. The number of carbonyl (C=O) groups excluding carboxylic acids is 1. The summed E-state index contributed by atoms with van der Waals surface area (Å²) < 4.78 is 80.8. The maximum absolute atomic E-state index is 13.9. The largest absolute Gasteiger partial charge is 0.336 e. The molecule has 1 atom stereocenters. The van der Waals surface area contributed by atoms with Crippen molar-refractivity contribution in [3.63, 3.8) is 0 Å². The van der Waals surface area contributed by atoms with Gasteiger partial charge < -0.3 is 10.2 Å². The molecule has 2 aliphatic rings. The van der Waals surface area contributed by atoms with Crippen LogP contribution in [0.25, 0.3) is 0 Å². The molecule has 3 rings (SSSR count).